The Hall–Kier alpha value is -3.19. The molecule has 0 aliphatic rings. The van der Waals surface area contributed by atoms with Gasteiger partial charge in [0.25, 0.3) is 0 Å². The van der Waals surface area contributed by atoms with Gasteiger partial charge in [-0.05, 0) is 24.3 Å². The zero-order valence-electron chi connectivity index (χ0n) is 15.8. The molecule has 7 nitrogen and oxygen atoms in total. The van der Waals surface area contributed by atoms with E-state index in [1.54, 1.807) is 36.4 Å². The first-order chi connectivity index (χ1) is 13.5. The lowest BCUT2D eigenvalue weighted by atomic mass is 10.1. The number of hydrogen-bond acceptors (Lipinski definition) is 7. The number of halogens is 1. The van der Waals surface area contributed by atoms with Crippen LogP contribution < -0.4 is 19.5 Å². The highest BCUT2D eigenvalue weighted by molar-refractivity contribution is 6.31. The lowest BCUT2D eigenvalue weighted by Crippen LogP contribution is -2.06. The molecule has 0 radical (unpaired) electrons. The van der Waals surface area contributed by atoms with E-state index in [0.717, 1.165) is 5.39 Å². The van der Waals surface area contributed by atoms with Crippen molar-refractivity contribution in [1.82, 2.24) is 4.98 Å². The van der Waals surface area contributed by atoms with Crippen LogP contribution in [0.2, 0.25) is 5.02 Å². The number of nitrogens with zero attached hydrogens (tertiary/aromatic N) is 1. The maximum atomic E-state index is 12.0. The number of carbonyl (C=O) groups is 1. The van der Waals surface area contributed by atoms with E-state index in [1.165, 1.54) is 28.4 Å². The van der Waals surface area contributed by atoms with Crippen molar-refractivity contribution in [3.05, 3.63) is 47.1 Å². The Morgan fingerprint density at radius 3 is 2.21 bits per heavy atom. The Morgan fingerprint density at radius 1 is 0.964 bits per heavy atom. The third kappa shape index (κ3) is 3.75. The summed E-state index contributed by atoms with van der Waals surface area (Å²) in [6, 6.07) is 10.3. The molecule has 2 aromatic carbocycles. The smallest absolute Gasteiger partial charge is 0.356 e. The minimum absolute atomic E-state index is 0.173. The third-order valence-electron chi connectivity index (χ3n) is 4.11. The molecule has 1 heterocycles. The molecule has 1 N–H and O–H groups in total. The number of ether oxygens (including phenoxy) is 4. The Bertz CT molecular complexity index is 1010. The number of rotatable bonds is 6. The van der Waals surface area contributed by atoms with Crippen molar-refractivity contribution in [2.75, 3.05) is 33.8 Å². The number of nitrogens with one attached hydrogen (secondary N) is 1. The summed E-state index contributed by atoms with van der Waals surface area (Å²) in [6.07, 6.45) is 0. The van der Waals surface area contributed by atoms with E-state index >= 15 is 0 Å². The first kappa shape index (κ1) is 19.6. The van der Waals surface area contributed by atoms with E-state index in [1.807, 2.05) is 0 Å². The first-order valence-electron chi connectivity index (χ1n) is 8.26. The maximum absolute atomic E-state index is 12.0. The van der Waals surface area contributed by atoms with Gasteiger partial charge in [-0.25, -0.2) is 9.78 Å². The summed E-state index contributed by atoms with van der Waals surface area (Å²) >= 11 is 6.15. The minimum atomic E-state index is -0.537. The molecule has 0 aliphatic carbocycles. The molecule has 0 bridgehead atoms. The van der Waals surface area contributed by atoms with Crippen molar-refractivity contribution in [2.45, 2.75) is 0 Å². The molecule has 0 fully saturated rings. The van der Waals surface area contributed by atoms with Gasteiger partial charge in [-0.1, -0.05) is 11.6 Å². The second kappa shape index (κ2) is 8.22. The minimum Gasteiger partial charge on any atom is -0.493 e. The van der Waals surface area contributed by atoms with Gasteiger partial charge in [-0.2, -0.15) is 0 Å². The molecular formula is C20H19ClN2O5. The summed E-state index contributed by atoms with van der Waals surface area (Å²) in [5.74, 6) is 0.932. The van der Waals surface area contributed by atoms with Crippen molar-refractivity contribution in [2.24, 2.45) is 0 Å². The quantitative estimate of drug-likeness (QED) is 0.610. The summed E-state index contributed by atoms with van der Waals surface area (Å²) in [5, 5.41) is 4.57. The van der Waals surface area contributed by atoms with Crippen LogP contribution >= 0.6 is 11.6 Å². The standard InChI is InChI=1S/C20H19ClN2O5/c1-25-17-8-12(9-18(26-2)19(17)27-3)22-15-10-16(20(24)28-4)23-14-6-5-11(21)7-13(14)15/h5-10H,1-4H3,(H,22,23). The Balaban J connectivity index is 2.15. The summed E-state index contributed by atoms with van der Waals surface area (Å²) in [6.45, 7) is 0. The highest BCUT2D eigenvalue weighted by Gasteiger charge is 2.16. The van der Waals surface area contributed by atoms with Crippen LogP contribution in [-0.2, 0) is 4.74 Å². The number of fused-ring (bicyclic) bond motifs is 1. The molecule has 0 spiro atoms. The fourth-order valence-electron chi connectivity index (χ4n) is 2.82. The van der Waals surface area contributed by atoms with Crippen LogP contribution in [0.15, 0.2) is 36.4 Å². The summed E-state index contributed by atoms with van der Waals surface area (Å²) in [5.41, 5.74) is 2.06. The van der Waals surface area contributed by atoms with Gasteiger partial charge < -0.3 is 24.3 Å². The second-order valence-corrected chi connectivity index (χ2v) is 6.18. The average Bonchev–Trinajstić information content (AvgIpc) is 2.72. The van der Waals surface area contributed by atoms with Crippen molar-refractivity contribution in [3.8, 4) is 17.2 Å². The molecule has 3 rings (SSSR count). The van der Waals surface area contributed by atoms with Crippen molar-refractivity contribution in [1.29, 1.82) is 0 Å². The molecule has 146 valence electrons. The van der Waals surface area contributed by atoms with Gasteiger partial charge in [0.15, 0.2) is 17.2 Å². The predicted octanol–water partition coefficient (Wildman–Crippen LogP) is 4.44. The SMILES string of the molecule is COC(=O)c1cc(Nc2cc(OC)c(OC)c(OC)c2)c2cc(Cl)ccc2n1. The molecule has 0 saturated heterocycles. The van der Waals surface area contributed by atoms with Gasteiger partial charge in [-0.3, -0.25) is 0 Å². The summed E-state index contributed by atoms with van der Waals surface area (Å²) in [4.78, 5) is 16.4. The van der Waals surface area contributed by atoms with Crippen LogP contribution in [0.4, 0.5) is 11.4 Å². The van der Waals surface area contributed by atoms with E-state index in [-0.39, 0.29) is 5.69 Å². The first-order valence-corrected chi connectivity index (χ1v) is 8.64. The van der Waals surface area contributed by atoms with Gasteiger partial charge in [0.1, 0.15) is 0 Å². The van der Waals surface area contributed by atoms with Gasteiger partial charge >= 0.3 is 5.97 Å². The van der Waals surface area contributed by atoms with Crippen LogP contribution in [0, 0.1) is 0 Å². The van der Waals surface area contributed by atoms with Crippen LogP contribution in [0.3, 0.4) is 0 Å². The fourth-order valence-corrected chi connectivity index (χ4v) is 2.99. The van der Waals surface area contributed by atoms with Gasteiger partial charge in [0.2, 0.25) is 5.75 Å². The largest absolute Gasteiger partial charge is 0.493 e. The van der Waals surface area contributed by atoms with Gasteiger partial charge in [0, 0.05) is 28.2 Å². The highest BCUT2D eigenvalue weighted by atomic mass is 35.5. The van der Waals surface area contributed by atoms with E-state index in [0.29, 0.717) is 39.2 Å². The van der Waals surface area contributed by atoms with Crippen molar-refractivity contribution < 1.29 is 23.7 Å². The number of methoxy groups -OCH3 is 4. The maximum Gasteiger partial charge on any atom is 0.356 e. The zero-order chi connectivity index (χ0) is 20.3. The molecule has 0 atom stereocenters. The molecule has 0 aliphatic heterocycles. The average molecular weight is 403 g/mol. The predicted molar refractivity (Wildman–Crippen MR) is 107 cm³/mol. The second-order valence-electron chi connectivity index (χ2n) is 5.75. The van der Waals surface area contributed by atoms with Crippen LogP contribution in [0.1, 0.15) is 10.5 Å². The number of benzene rings is 2. The Morgan fingerprint density at radius 2 is 1.64 bits per heavy atom. The number of pyridine rings is 1. The van der Waals surface area contributed by atoms with E-state index in [2.05, 4.69) is 10.3 Å². The lowest BCUT2D eigenvalue weighted by Gasteiger charge is -2.16. The number of esters is 1. The van der Waals surface area contributed by atoms with Crippen molar-refractivity contribution >= 4 is 39.8 Å². The molecular weight excluding hydrogens is 384 g/mol. The lowest BCUT2D eigenvalue weighted by molar-refractivity contribution is 0.0594. The fraction of sp³-hybridized carbons (Fsp3) is 0.200. The third-order valence-corrected chi connectivity index (χ3v) is 4.34. The van der Waals surface area contributed by atoms with Crippen LogP contribution in [0.25, 0.3) is 10.9 Å². The molecule has 0 saturated carbocycles. The van der Waals surface area contributed by atoms with E-state index in [4.69, 9.17) is 30.5 Å². The van der Waals surface area contributed by atoms with Gasteiger partial charge in [-0.15, -0.1) is 0 Å². The van der Waals surface area contributed by atoms with E-state index in [9.17, 15) is 4.79 Å². The monoisotopic (exact) mass is 402 g/mol. The highest BCUT2D eigenvalue weighted by Crippen LogP contribution is 2.41. The normalized spacial score (nSPS) is 10.5. The summed E-state index contributed by atoms with van der Waals surface area (Å²) in [7, 11) is 5.92. The molecule has 0 amide bonds. The molecule has 28 heavy (non-hydrogen) atoms. The molecule has 3 aromatic rings. The molecule has 1 aromatic heterocycles. The Kier molecular flexibility index (Phi) is 5.75. The Labute approximate surface area is 167 Å². The molecule has 8 heteroatoms. The van der Waals surface area contributed by atoms with Gasteiger partial charge in [0.05, 0.1) is 39.6 Å². The zero-order valence-corrected chi connectivity index (χ0v) is 16.6. The van der Waals surface area contributed by atoms with Crippen molar-refractivity contribution in [3.63, 3.8) is 0 Å². The number of aromatic nitrogens is 1. The van der Waals surface area contributed by atoms with Crippen LogP contribution in [-0.4, -0.2) is 39.4 Å². The van der Waals surface area contributed by atoms with E-state index < -0.39 is 5.97 Å². The number of carbonyl (C=O) groups excluding carboxylic acids is 1. The topological polar surface area (TPSA) is 78.9 Å². The number of hydrogen-bond donors (Lipinski definition) is 1. The summed E-state index contributed by atoms with van der Waals surface area (Å²) < 4.78 is 20.9. The number of anilines is 2. The molecule has 0 unspecified atom stereocenters. The van der Waals surface area contributed by atoms with Crippen LogP contribution in [0.5, 0.6) is 17.2 Å².